The molecule has 2 heterocycles. The molecule has 15 nitrogen and oxygen atoms in total. The van der Waals surface area contributed by atoms with Crippen molar-refractivity contribution in [2.24, 2.45) is 22.3 Å². The van der Waals surface area contributed by atoms with E-state index in [4.69, 9.17) is 20.9 Å². The molecule has 0 saturated carbocycles. The number of nitrogens with one attached hydrogen (secondary N) is 2. The largest absolute Gasteiger partial charge is 0.453 e. The molecular weight excluding hydrogens is 798 g/mol. The highest BCUT2D eigenvalue weighted by atomic mass is 19.1. The van der Waals surface area contributed by atoms with Crippen molar-refractivity contribution >= 4 is 41.5 Å². The molecule has 3 aromatic carbocycles. The predicted molar refractivity (Wildman–Crippen MR) is 230 cm³/mol. The number of nitrogens with two attached hydrogens (primary N) is 2. The number of benzene rings is 3. The number of hydrogen-bond acceptors (Lipinski definition) is 9. The van der Waals surface area contributed by atoms with E-state index in [2.05, 4.69) is 10.6 Å². The number of nitrogens with zero attached hydrogens (tertiary/aromatic N) is 3. The first-order chi connectivity index (χ1) is 29.1. The van der Waals surface area contributed by atoms with Crippen molar-refractivity contribution in [3.8, 4) is 0 Å². The van der Waals surface area contributed by atoms with E-state index in [1.54, 1.807) is 77.9 Å². The van der Waals surface area contributed by atoms with E-state index in [1.165, 1.54) is 36.2 Å². The minimum atomic E-state index is -1.52. The lowest BCUT2D eigenvalue weighted by atomic mass is 9.82. The number of hydrogen-bond donors (Lipinski definition) is 4. The number of rotatable bonds is 13. The van der Waals surface area contributed by atoms with E-state index in [-0.39, 0.29) is 39.0 Å². The van der Waals surface area contributed by atoms with Gasteiger partial charge in [0, 0.05) is 31.9 Å². The Labute approximate surface area is 362 Å². The van der Waals surface area contributed by atoms with Gasteiger partial charge in [-0.1, -0.05) is 90.1 Å². The van der Waals surface area contributed by atoms with Crippen LogP contribution in [0.4, 0.5) is 19.7 Å². The average molecular weight is 858 g/mol. The molecule has 2 saturated heterocycles. The fourth-order valence-corrected chi connectivity index (χ4v) is 8.78. The van der Waals surface area contributed by atoms with E-state index in [9.17, 15) is 33.2 Å². The minimum Gasteiger partial charge on any atom is -0.453 e. The van der Waals surface area contributed by atoms with Crippen LogP contribution in [0.3, 0.4) is 0 Å². The van der Waals surface area contributed by atoms with Crippen molar-refractivity contribution in [3.63, 3.8) is 0 Å². The zero-order chi connectivity index (χ0) is 45.8. The summed E-state index contributed by atoms with van der Waals surface area (Å²) in [5.41, 5.74) is 11.1. The van der Waals surface area contributed by atoms with Gasteiger partial charge in [-0.3, -0.25) is 19.2 Å². The van der Waals surface area contributed by atoms with Crippen molar-refractivity contribution in [3.05, 3.63) is 101 Å². The third-order valence-electron chi connectivity index (χ3n) is 12.0. The van der Waals surface area contributed by atoms with Crippen LogP contribution in [0.25, 0.3) is 0 Å². The van der Waals surface area contributed by atoms with Gasteiger partial charge >= 0.3 is 12.2 Å². The van der Waals surface area contributed by atoms with Gasteiger partial charge in [-0.05, 0) is 83.0 Å². The van der Waals surface area contributed by atoms with Crippen LogP contribution in [0.15, 0.2) is 72.8 Å². The topological polar surface area (TPSA) is 207 Å². The van der Waals surface area contributed by atoms with Gasteiger partial charge in [-0.25, -0.2) is 14.0 Å². The van der Waals surface area contributed by atoms with Crippen LogP contribution in [0.5, 0.6) is 0 Å². The average Bonchev–Trinajstić information content (AvgIpc) is 3.88. The number of ether oxygens (including phenoxy) is 2. The fraction of sp³-hybridized carbons (Fsp3) is 0.478. The normalized spacial score (nSPS) is 19.9. The predicted octanol–water partition coefficient (Wildman–Crippen LogP) is 5.18. The summed E-state index contributed by atoms with van der Waals surface area (Å²) in [6.07, 6.45) is -0.0660. The van der Waals surface area contributed by atoms with Crippen LogP contribution < -0.4 is 27.0 Å². The molecule has 16 heteroatoms. The van der Waals surface area contributed by atoms with E-state index in [0.717, 1.165) is 11.1 Å². The molecule has 0 spiro atoms. The lowest BCUT2D eigenvalue weighted by Crippen LogP contribution is -2.61. The number of carbonyl (C=O) groups is 6. The third kappa shape index (κ3) is 9.48. The van der Waals surface area contributed by atoms with Gasteiger partial charge in [0.15, 0.2) is 0 Å². The minimum absolute atomic E-state index is 0.230. The number of anilines is 1. The Morgan fingerprint density at radius 1 is 0.677 bits per heavy atom. The van der Waals surface area contributed by atoms with Gasteiger partial charge in [0.2, 0.25) is 23.6 Å². The highest BCUT2D eigenvalue weighted by Gasteiger charge is 2.54. The maximum Gasteiger partial charge on any atom is 0.407 e. The van der Waals surface area contributed by atoms with E-state index >= 15 is 0 Å². The number of amides is 6. The van der Waals surface area contributed by atoms with E-state index in [1.807, 2.05) is 29.2 Å². The third-order valence-corrected chi connectivity index (χ3v) is 12.0. The molecule has 6 amide bonds. The molecule has 5 rings (SSSR count). The second-order valence-corrected chi connectivity index (χ2v) is 18.2. The summed E-state index contributed by atoms with van der Waals surface area (Å²) in [7, 11) is 2.42. The molecular formula is C46H60FN7O8. The van der Waals surface area contributed by atoms with Gasteiger partial charge < -0.3 is 46.3 Å². The summed E-state index contributed by atoms with van der Waals surface area (Å²) in [6.45, 7) is 11.8. The van der Waals surface area contributed by atoms with Crippen LogP contribution in [-0.2, 0) is 52.8 Å². The highest BCUT2D eigenvalue weighted by Crippen LogP contribution is 2.43. The van der Waals surface area contributed by atoms with Crippen molar-refractivity contribution in [1.29, 1.82) is 0 Å². The Kier molecular flexibility index (Phi) is 13.9. The molecule has 2 aliphatic rings. The second kappa shape index (κ2) is 18.4. The van der Waals surface area contributed by atoms with Crippen LogP contribution in [0, 0.1) is 16.6 Å². The smallest absolute Gasteiger partial charge is 0.407 e. The number of carbonyl (C=O) groups excluding carboxylic acids is 6. The quantitative estimate of drug-likeness (QED) is 0.179. The summed E-state index contributed by atoms with van der Waals surface area (Å²) >= 11 is 0. The van der Waals surface area contributed by atoms with Gasteiger partial charge in [0.1, 0.15) is 29.0 Å². The highest BCUT2D eigenvalue weighted by molar-refractivity contribution is 5.96. The molecule has 334 valence electrons. The maximum atomic E-state index is 14.3. The second-order valence-electron chi connectivity index (χ2n) is 18.2. The number of alkyl carbamates (subject to hydrolysis) is 2. The molecule has 3 aromatic rings. The van der Waals surface area contributed by atoms with Crippen molar-refractivity contribution in [1.82, 2.24) is 20.4 Å². The Balaban J connectivity index is 1.52. The summed E-state index contributed by atoms with van der Waals surface area (Å²) in [5, 5.41) is 5.30. The molecule has 0 bridgehead atoms. The van der Waals surface area contributed by atoms with Crippen molar-refractivity contribution in [2.45, 2.75) is 103 Å². The van der Waals surface area contributed by atoms with Gasteiger partial charge in [0.05, 0.1) is 14.2 Å². The summed E-state index contributed by atoms with van der Waals surface area (Å²) in [6, 6.07) is 18.5. The SMILES string of the molecule is COC(=O)N[C@H](C(=O)N1CCC[C@@]1(C(N)=O)c1cccc(CN(Cc2cccc([C@]3(C(N)=O)CCCN3C(=O)[C@@H](NC(=O)OC)C(C)(C)C)c2)c2ccc(F)cc2)c1)C(C)(C)C. The summed E-state index contributed by atoms with van der Waals surface area (Å²) in [5.74, 6) is -2.79. The van der Waals surface area contributed by atoms with Crippen LogP contribution in [0.1, 0.15) is 89.5 Å². The van der Waals surface area contributed by atoms with Crippen molar-refractivity contribution in [2.75, 3.05) is 32.2 Å². The van der Waals surface area contributed by atoms with Gasteiger partial charge in [0.25, 0.3) is 0 Å². The first-order valence-electron chi connectivity index (χ1n) is 20.7. The Bertz CT molecular complexity index is 2040. The summed E-state index contributed by atoms with van der Waals surface area (Å²) < 4.78 is 23.9. The first-order valence-corrected chi connectivity index (χ1v) is 20.7. The zero-order valence-corrected chi connectivity index (χ0v) is 36.9. The number of halogens is 1. The lowest BCUT2D eigenvalue weighted by molar-refractivity contribution is -0.147. The molecule has 4 atom stereocenters. The number of methoxy groups -OCH3 is 2. The number of primary amides is 2. The molecule has 0 aliphatic carbocycles. The molecule has 0 aromatic heterocycles. The lowest BCUT2D eigenvalue weighted by Gasteiger charge is -2.41. The molecule has 0 unspecified atom stereocenters. The molecule has 2 aliphatic heterocycles. The monoisotopic (exact) mass is 857 g/mol. The standard InChI is InChI=1S/C46H60FN7O8/c1-43(2,3)35(50-41(59)61-7)37(55)53-23-11-21-45(53,39(48)57)31-15-9-13-29(25-31)27-52(34-19-17-33(47)18-20-34)28-30-14-10-16-32(26-30)46(40(49)58)22-12-24-54(46)38(56)36(44(4,5)6)51-42(60)62-8/h9-10,13-20,25-26,35-36H,11-12,21-24,27-28H2,1-8H3,(H2,48,57)(H2,49,58)(H,50,59)(H,51,60)/t35-,36-,45+,46+/m1/s1. The van der Waals surface area contributed by atoms with Crippen LogP contribution in [0.2, 0.25) is 0 Å². The Morgan fingerprint density at radius 2 is 1.06 bits per heavy atom. The molecule has 6 N–H and O–H groups in total. The Hall–Kier alpha value is -6.19. The molecule has 0 radical (unpaired) electrons. The fourth-order valence-electron chi connectivity index (χ4n) is 8.78. The van der Waals surface area contributed by atoms with E-state index < -0.39 is 75.6 Å². The Morgan fingerprint density at radius 3 is 1.40 bits per heavy atom. The summed E-state index contributed by atoms with van der Waals surface area (Å²) in [4.78, 5) is 85.6. The first kappa shape index (κ1) is 46.9. The van der Waals surface area contributed by atoms with Gasteiger partial charge in [-0.15, -0.1) is 0 Å². The van der Waals surface area contributed by atoms with Crippen LogP contribution in [-0.4, -0.2) is 85.0 Å². The maximum absolute atomic E-state index is 14.3. The molecule has 62 heavy (non-hydrogen) atoms. The van der Waals surface area contributed by atoms with Crippen molar-refractivity contribution < 1.29 is 42.6 Å². The van der Waals surface area contributed by atoms with E-state index in [0.29, 0.717) is 29.7 Å². The van der Waals surface area contributed by atoms with Gasteiger partial charge in [-0.2, -0.15) is 0 Å². The zero-order valence-electron chi connectivity index (χ0n) is 36.9. The van der Waals surface area contributed by atoms with Crippen LogP contribution >= 0.6 is 0 Å². The number of likely N-dealkylation sites (tertiary alicyclic amines) is 2. The molecule has 2 fully saturated rings.